The highest BCUT2D eigenvalue weighted by atomic mass is 32.3. The number of hydrogen-bond donors (Lipinski definition) is 2. The molecule has 0 bridgehead atoms. The third kappa shape index (κ3) is 6.35. The highest BCUT2D eigenvalue weighted by Gasteiger charge is 2.61. The second-order valence-electron chi connectivity index (χ2n) is 13.6. The van der Waals surface area contributed by atoms with Crippen molar-refractivity contribution < 1.29 is 34.3 Å². The Balaban J connectivity index is 1.50. The molecule has 0 spiro atoms. The summed E-state index contributed by atoms with van der Waals surface area (Å²) >= 11 is 0. The monoisotopic (exact) mass is 576 g/mol. The SMILES string of the molecule is C=C(CC[C@@H](COS(=O)(=O)O)[C@H]1CC[C@H]2[C@@H]3CC[C@H]4C[C@H](OS(=O)(=O)O)CC[C@]4(C)[C@H]3CC[C@]12C)C(C)C. The third-order valence-electron chi connectivity index (χ3n) is 11.6. The van der Waals surface area contributed by atoms with Gasteiger partial charge in [0, 0.05) is 0 Å². The van der Waals surface area contributed by atoms with E-state index in [-0.39, 0.29) is 23.4 Å². The first kappa shape index (κ1) is 30.4. The Labute approximate surface area is 230 Å². The van der Waals surface area contributed by atoms with Crippen LogP contribution in [0.1, 0.15) is 98.3 Å². The Kier molecular flexibility index (Phi) is 8.85. The molecule has 4 rings (SSSR count). The number of allylic oxidation sites excluding steroid dienone is 1. The fourth-order valence-electron chi connectivity index (χ4n) is 9.53. The fourth-order valence-corrected chi connectivity index (χ4v) is 10.4. The van der Waals surface area contributed by atoms with Crippen molar-refractivity contribution in [3.05, 3.63) is 12.2 Å². The van der Waals surface area contributed by atoms with Crippen LogP contribution in [0.15, 0.2) is 12.2 Å². The molecule has 4 fully saturated rings. The molecule has 0 aromatic carbocycles. The van der Waals surface area contributed by atoms with E-state index in [1.807, 2.05) is 0 Å². The molecule has 8 nitrogen and oxygen atoms in total. The predicted molar refractivity (Wildman–Crippen MR) is 146 cm³/mol. The van der Waals surface area contributed by atoms with Crippen LogP contribution in [0.5, 0.6) is 0 Å². The van der Waals surface area contributed by atoms with E-state index in [0.29, 0.717) is 48.3 Å². The van der Waals surface area contributed by atoms with Crippen molar-refractivity contribution in [1.29, 1.82) is 0 Å². The number of rotatable bonds is 10. The first-order valence-corrected chi connectivity index (χ1v) is 17.2. The average Bonchev–Trinajstić information content (AvgIpc) is 3.14. The minimum Gasteiger partial charge on any atom is -0.264 e. The smallest absolute Gasteiger partial charge is 0.264 e. The summed E-state index contributed by atoms with van der Waals surface area (Å²) in [6, 6.07) is 0. The molecule has 220 valence electrons. The van der Waals surface area contributed by atoms with Gasteiger partial charge in [0.1, 0.15) is 0 Å². The average molecular weight is 577 g/mol. The van der Waals surface area contributed by atoms with Crippen LogP contribution in [-0.4, -0.2) is 38.7 Å². The summed E-state index contributed by atoms with van der Waals surface area (Å²) in [6.45, 7) is 13.3. The number of fused-ring (bicyclic) bond motifs is 5. The molecule has 4 aliphatic rings. The van der Waals surface area contributed by atoms with Crippen molar-refractivity contribution in [3.8, 4) is 0 Å². The Morgan fingerprint density at radius 1 is 0.921 bits per heavy atom. The molecule has 4 aliphatic carbocycles. The van der Waals surface area contributed by atoms with Crippen molar-refractivity contribution in [2.24, 2.45) is 52.3 Å². The van der Waals surface area contributed by atoms with Crippen LogP contribution in [0.4, 0.5) is 0 Å². The van der Waals surface area contributed by atoms with Crippen LogP contribution in [0.3, 0.4) is 0 Å². The molecular formula is C28H48O8S2. The van der Waals surface area contributed by atoms with Gasteiger partial charge in [0.25, 0.3) is 0 Å². The largest absolute Gasteiger partial charge is 0.397 e. The highest BCUT2D eigenvalue weighted by molar-refractivity contribution is 7.81. The van der Waals surface area contributed by atoms with Crippen LogP contribution in [0.2, 0.25) is 0 Å². The zero-order chi connectivity index (χ0) is 28.1. The lowest BCUT2D eigenvalue weighted by atomic mass is 9.44. The van der Waals surface area contributed by atoms with Crippen molar-refractivity contribution in [2.75, 3.05) is 6.61 Å². The normalized spacial score (nSPS) is 40.3. The van der Waals surface area contributed by atoms with E-state index in [4.69, 9.17) is 8.37 Å². The Bertz CT molecular complexity index is 1090. The zero-order valence-electron chi connectivity index (χ0n) is 23.5. The molecule has 0 aromatic heterocycles. The van der Waals surface area contributed by atoms with Crippen LogP contribution >= 0.6 is 0 Å². The molecule has 0 saturated heterocycles. The predicted octanol–water partition coefficient (Wildman–Crippen LogP) is 6.26. The van der Waals surface area contributed by atoms with Gasteiger partial charge in [-0.05, 0) is 123 Å². The van der Waals surface area contributed by atoms with E-state index in [2.05, 4.69) is 34.3 Å². The van der Waals surface area contributed by atoms with Crippen molar-refractivity contribution >= 4 is 20.8 Å². The van der Waals surface area contributed by atoms with E-state index in [1.165, 1.54) is 0 Å². The lowest BCUT2D eigenvalue weighted by molar-refractivity contribution is -0.128. The molecule has 0 radical (unpaired) electrons. The quantitative estimate of drug-likeness (QED) is 0.230. The minimum atomic E-state index is -4.50. The zero-order valence-corrected chi connectivity index (χ0v) is 25.1. The number of hydrogen-bond acceptors (Lipinski definition) is 6. The summed E-state index contributed by atoms with van der Waals surface area (Å²) < 4.78 is 74.0. The second kappa shape index (κ2) is 11.0. The van der Waals surface area contributed by atoms with Gasteiger partial charge >= 0.3 is 20.8 Å². The lowest BCUT2D eigenvalue weighted by Gasteiger charge is -2.61. The maximum Gasteiger partial charge on any atom is 0.397 e. The van der Waals surface area contributed by atoms with Crippen molar-refractivity contribution in [1.82, 2.24) is 0 Å². The van der Waals surface area contributed by atoms with Gasteiger partial charge in [-0.3, -0.25) is 9.11 Å². The van der Waals surface area contributed by atoms with E-state index in [0.717, 1.165) is 63.4 Å². The molecule has 10 heteroatoms. The maximum absolute atomic E-state index is 11.5. The molecule has 9 atom stereocenters. The van der Waals surface area contributed by atoms with Gasteiger partial charge in [-0.2, -0.15) is 16.8 Å². The molecule has 4 saturated carbocycles. The lowest BCUT2D eigenvalue weighted by Crippen LogP contribution is -2.54. The van der Waals surface area contributed by atoms with Gasteiger partial charge in [0.2, 0.25) is 0 Å². The molecule has 0 aliphatic heterocycles. The minimum absolute atomic E-state index is 0.0141. The van der Waals surface area contributed by atoms with E-state index >= 15 is 0 Å². The molecule has 2 N–H and O–H groups in total. The van der Waals surface area contributed by atoms with Gasteiger partial charge in [0.15, 0.2) is 0 Å². The maximum atomic E-state index is 11.5. The van der Waals surface area contributed by atoms with Crippen LogP contribution in [0.25, 0.3) is 0 Å². The van der Waals surface area contributed by atoms with Crippen LogP contribution in [-0.2, 0) is 29.2 Å². The third-order valence-corrected chi connectivity index (χ3v) is 12.6. The van der Waals surface area contributed by atoms with Gasteiger partial charge in [0.05, 0.1) is 12.7 Å². The fraction of sp³-hybridized carbons (Fsp3) is 0.929. The van der Waals surface area contributed by atoms with Crippen LogP contribution < -0.4 is 0 Å². The molecule has 0 heterocycles. The first-order chi connectivity index (χ1) is 17.5. The molecular weight excluding hydrogens is 528 g/mol. The summed E-state index contributed by atoms with van der Waals surface area (Å²) in [5.41, 5.74) is 1.40. The Morgan fingerprint density at radius 3 is 2.21 bits per heavy atom. The first-order valence-electron chi connectivity index (χ1n) is 14.5. The van der Waals surface area contributed by atoms with Gasteiger partial charge < -0.3 is 0 Å². The Morgan fingerprint density at radius 2 is 1.58 bits per heavy atom. The summed E-state index contributed by atoms with van der Waals surface area (Å²) in [5.74, 6) is 2.89. The Hall–Kier alpha value is -0.520. The molecule has 38 heavy (non-hydrogen) atoms. The topological polar surface area (TPSA) is 127 Å². The van der Waals surface area contributed by atoms with E-state index < -0.39 is 26.9 Å². The summed E-state index contributed by atoms with van der Waals surface area (Å²) in [4.78, 5) is 0. The summed E-state index contributed by atoms with van der Waals surface area (Å²) in [5, 5.41) is 0. The molecule has 0 unspecified atom stereocenters. The standard InChI is InChI=1S/C28H48O8S2/c1-18(2)19(3)6-7-20(17-35-37(29,30)31)24-10-11-25-23-9-8-21-16-22(36-38(32,33)34)12-14-27(21,4)26(23)13-15-28(24,25)5/h18,20-26H,3,6-17H2,1-2,4-5H3,(H,29,30,31)(H,32,33,34)/t20-,21-,22+,23-,24+,25-,26-,27-,28+/m0/s1. The van der Waals surface area contributed by atoms with E-state index in [1.54, 1.807) is 0 Å². The van der Waals surface area contributed by atoms with Crippen LogP contribution in [0, 0.1) is 52.3 Å². The second-order valence-corrected chi connectivity index (χ2v) is 15.8. The van der Waals surface area contributed by atoms with Gasteiger partial charge in [-0.25, -0.2) is 8.37 Å². The van der Waals surface area contributed by atoms with Crippen molar-refractivity contribution in [2.45, 2.75) is 104 Å². The summed E-state index contributed by atoms with van der Waals surface area (Å²) in [6.07, 6.45) is 9.98. The van der Waals surface area contributed by atoms with Gasteiger partial charge in [-0.1, -0.05) is 39.8 Å². The summed E-state index contributed by atoms with van der Waals surface area (Å²) in [7, 11) is -8.93. The molecule has 0 aromatic rings. The van der Waals surface area contributed by atoms with Gasteiger partial charge in [-0.15, -0.1) is 0 Å². The van der Waals surface area contributed by atoms with E-state index in [9.17, 15) is 25.9 Å². The van der Waals surface area contributed by atoms with Crippen molar-refractivity contribution in [3.63, 3.8) is 0 Å². The highest BCUT2D eigenvalue weighted by Crippen LogP contribution is 2.68. The molecule has 0 amide bonds.